The fourth-order valence-corrected chi connectivity index (χ4v) is 4.21. The number of rotatable bonds is 6. The van der Waals surface area contributed by atoms with Gasteiger partial charge in [-0.05, 0) is 29.6 Å². The molecule has 1 atom stereocenters. The molecule has 2 N–H and O–H groups in total. The minimum Gasteiger partial charge on any atom is -0.381 e. The van der Waals surface area contributed by atoms with Crippen LogP contribution in [0, 0.1) is 0 Å². The molecule has 0 aliphatic carbocycles. The van der Waals surface area contributed by atoms with Crippen molar-refractivity contribution in [1.82, 2.24) is 15.1 Å². The van der Waals surface area contributed by atoms with E-state index in [2.05, 4.69) is 10.2 Å². The normalized spacial score (nSPS) is 27.3. The molecule has 3 aliphatic rings. The van der Waals surface area contributed by atoms with E-state index < -0.39 is 43.0 Å². The minimum absolute atomic E-state index is 0.137. The third-order valence-corrected chi connectivity index (χ3v) is 5.89. The first kappa shape index (κ1) is 15.6. The highest BCUT2D eigenvalue weighted by molar-refractivity contribution is 6.06. The van der Waals surface area contributed by atoms with E-state index in [0.717, 1.165) is 23.6 Å². The van der Waals surface area contributed by atoms with Gasteiger partial charge in [0.25, 0.3) is 5.91 Å². The van der Waals surface area contributed by atoms with Gasteiger partial charge in [0, 0.05) is 61.3 Å². The second-order valence-electron chi connectivity index (χ2n) is 8.09. The van der Waals surface area contributed by atoms with Gasteiger partial charge >= 0.3 is 0 Å². The number of benzene rings is 2. The molecule has 0 saturated carbocycles. The molecule has 1 unspecified atom stereocenters. The molecule has 8 heteroatoms. The fourth-order valence-electron chi connectivity index (χ4n) is 4.21. The van der Waals surface area contributed by atoms with Crippen molar-refractivity contribution in [3.8, 4) is 0 Å². The number of amides is 3. The number of anilines is 1. The molecule has 0 radical (unpaired) electrons. The molecular weight excluding hydrogens is 420 g/mol. The zero-order valence-corrected chi connectivity index (χ0v) is 17.9. The first-order valence-electron chi connectivity index (χ1n) is 13.8. The smallest absolute Gasteiger partial charge is 0.255 e. The zero-order chi connectivity index (χ0) is 28.2. The van der Waals surface area contributed by atoms with Crippen LogP contribution >= 0.6 is 0 Å². The molecule has 3 aliphatic heterocycles. The monoisotopic (exact) mass is 454 g/mol. The summed E-state index contributed by atoms with van der Waals surface area (Å²) in [5.41, 5.74) is 2.08. The number of ether oxygens (including phenoxy) is 1. The van der Waals surface area contributed by atoms with Gasteiger partial charge in [0.1, 0.15) is 6.04 Å². The summed E-state index contributed by atoms with van der Waals surface area (Å²) in [5.74, 6) is -3.22. The molecule has 33 heavy (non-hydrogen) atoms. The molecule has 0 bridgehead atoms. The molecule has 0 spiro atoms. The second-order valence-corrected chi connectivity index (χ2v) is 8.09. The zero-order valence-electron chi connectivity index (χ0n) is 23.9. The van der Waals surface area contributed by atoms with Crippen LogP contribution in [0.1, 0.15) is 48.0 Å². The summed E-state index contributed by atoms with van der Waals surface area (Å²) in [6.45, 7) is 1.23. The molecule has 2 aromatic carbocycles. The lowest BCUT2D eigenvalue weighted by molar-refractivity contribution is -0.136. The highest BCUT2D eigenvalue weighted by Gasteiger charge is 2.39. The summed E-state index contributed by atoms with van der Waals surface area (Å²) in [4.78, 5) is 41.0. The van der Waals surface area contributed by atoms with Gasteiger partial charge in [-0.1, -0.05) is 30.3 Å². The van der Waals surface area contributed by atoms with Crippen molar-refractivity contribution in [1.29, 1.82) is 0 Å². The van der Waals surface area contributed by atoms with Crippen molar-refractivity contribution in [3.63, 3.8) is 0 Å². The van der Waals surface area contributed by atoms with Crippen molar-refractivity contribution >= 4 is 23.4 Å². The Balaban J connectivity index is 1.40. The summed E-state index contributed by atoms with van der Waals surface area (Å²) in [6.07, 6.45) is -6.04. The van der Waals surface area contributed by atoms with E-state index in [4.69, 9.17) is 13.0 Å². The van der Waals surface area contributed by atoms with Crippen molar-refractivity contribution in [2.75, 3.05) is 31.6 Å². The van der Waals surface area contributed by atoms with E-state index in [0.29, 0.717) is 30.9 Å². The second kappa shape index (κ2) is 9.33. The Kier molecular flexibility index (Phi) is 4.40. The molecule has 5 rings (SSSR count). The van der Waals surface area contributed by atoms with Crippen LogP contribution in [0.3, 0.4) is 0 Å². The average Bonchev–Trinajstić information content (AvgIpc) is 3.20. The van der Waals surface area contributed by atoms with E-state index in [1.54, 1.807) is 30.3 Å². The number of piperidine rings is 1. The molecule has 3 amide bonds. The first-order valence-corrected chi connectivity index (χ1v) is 10.8. The number of carbonyl (C=O) groups excluding carboxylic acids is 3. The summed E-state index contributed by atoms with van der Waals surface area (Å²) in [6, 6.07) is 9.88. The van der Waals surface area contributed by atoms with Crippen LogP contribution in [-0.2, 0) is 33.9 Å². The van der Waals surface area contributed by atoms with Crippen LogP contribution < -0.4 is 10.6 Å². The number of nitrogens with zero attached hydrogens (tertiary/aromatic N) is 2. The predicted molar refractivity (Wildman–Crippen MR) is 122 cm³/mol. The molecule has 2 aromatic rings. The molecule has 3 heterocycles. The molecule has 2 fully saturated rings. The van der Waals surface area contributed by atoms with Crippen molar-refractivity contribution in [3.05, 3.63) is 64.7 Å². The molecular formula is C25H28N4O4. The van der Waals surface area contributed by atoms with E-state index in [-0.39, 0.29) is 17.8 Å². The Morgan fingerprint density at radius 3 is 2.76 bits per heavy atom. The lowest BCUT2D eigenvalue weighted by atomic mass is 10.0. The first-order chi connectivity index (χ1) is 18.3. The number of hydrogen-bond acceptors (Lipinski definition) is 6. The van der Waals surface area contributed by atoms with E-state index in [1.165, 1.54) is 6.07 Å². The Labute approximate surface area is 201 Å². The van der Waals surface area contributed by atoms with Crippen molar-refractivity contribution in [2.45, 2.75) is 38.4 Å². The maximum absolute atomic E-state index is 13.3. The summed E-state index contributed by atoms with van der Waals surface area (Å²) < 4.78 is 55.3. The van der Waals surface area contributed by atoms with Gasteiger partial charge in [-0.2, -0.15) is 0 Å². The number of fused-ring (bicyclic) bond motifs is 1. The van der Waals surface area contributed by atoms with Crippen LogP contribution in [0.15, 0.2) is 42.5 Å². The van der Waals surface area contributed by atoms with Gasteiger partial charge in [0.15, 0.2) is 0 Å². The van der Waals surface area contributed by atoms with Gasteiger partial charge in [-0.3, -0.25) is 24.6 Å². The largest absolute Gasteiger partial charge is 0.381 e. The molecule has 2 saturated heterocycles. The summed E-state index contributed by atoms with van der Waals surface area (Å²) in [7, 11) is 0. The lowest BCUT2D eigenvalue weighted by Crippen LogP contribution is -2.52. The SMILES string of the molecule is [2H]C([2H])(Nc1cccc2c1CN(C1C(=O)NC(=O)C([2H])([2H])C1([2H])[2H])C2=O)c1cccc(CN2CCOCC2)c1. The third kappa shape index (κ3) is 4.62. The number of morpholine rings is 1. The van der Waals surface area contributed by atoms with E-state index in [9.17, 15) is 14.4 Å². The van der Waals surface area contributed by atoms with Crippen molar-refractivity contribution < 1.29 is 27.3 Å². The minimum atomic E-state index is -3.05. The Morgan fingerprint density at radius 2 is 1.91 bits per heavy atom. The lowest BCUT2D eigenvalue weighted by Gasteiger charge is -2.29. The van der Waals surface area contributed by atoms with Crippen LogP contribution in [0.2, 0.25) is 0 Å². The highest BCUT2D eigenvalue weighted by atomic mass is 16.5. The number of nitrogens with one attached hydrogen (secondary N) is 2. The van der Waals surface area contributed by atoms with Crippen LogP contribution in [-0.4, -0.2) is 59.9 Å². The number of carbonyl (C=O) groups is 3. The Morgan fingerprint density at radius 1 is 1.12 bits per heavy atom. The standard InChI is InChI=1S/C25H28N4O4/c30-23-8-7-22(24(31)27-23)29-16-20-19(25(29)32)5-2-6-21(20)26-14-17-3-1-4-18(13-17)15-28-9-11-33-12-10-28/h1-6,13,22,26H,7-12,14-16H2,(H,27,30,31)/i7D2,8D2,14D2. The topological polar surface area (TPSA) is 91.0 Å². The van der Waals surface area contributed by atoms with Gasteiger partial charge in [0.05, 0.1) is 16.0 Å². The fraction of sp³-hybridized carbons (Fsp3) is 0.400. The van der Waals surface area contributed by atoms with Crippen molar-refractivity contribution in [2.24, 2.45) is 0 Å². The quantitative estimate of drug-likeness (QED) is 0.648. The van der Waals surface area contributed by atoms with Gasteiger partial charge < -0.3 is 15.0 Å². The molecule has 8 nitrogen and oxygen atoms in total. The Bertz CT molecular complexity index is 1330. The van der Waals surface area contributed by atoms with Gasteiger partial charge in [0.2, 0.25) is 11.8 Å². The number of hydrogen-bond donors (Lipinski definition) is 2. The van der Waals surface area contributed by atoms with E-state index >= 15 is 0 Å². The molecule has 0 aromatic heterocycles. The van der Waals surface area contributed by atoms with E-state index in [1.807, 2.05) is 11.4 Å². The maximum Gasteiger partial charge on any atom is 0.255 e. The van der Waals surface area contributed by atoms with Crippen LogP contribution in [0.4, 0.5) is 5.69 Å². The highest BCUT2D eigenvalue weighted by Crippen LogP contribution is 2.32. The summed E-state index contributed by atoms with van der Waals surface area (Å²) >= 11 is 0. The van der Waals surface area contributed by atoms with Gasteiger partial charge in [-0.15, -0.1) is 0 Å². The number of imide groups is 1. The Hall–Kier alpha value is -3.23. The van der Waals surface area contributed by atoms with Crippen LogP contribution in [0.25, 0.3) is 0 Å². The average molecular weight is 455 g/mol. The third-order valence-electron chi connectivity index (χ3n) is 5.89. The summed E-state index contributed by atoms with van der Waals surface area (Å²) in [5, 5.41) is 4.70. The predicted octanol–water partition coefficient (Wildman–Crippen LogP) is 1.89. The van der Waals surface area contributed by atoms with Crippen LogP contribution in [0.5, 0.6) is 0 Å². The molecule has 172 valence electrons. The maximum atomic E-state index is 13.3. The van der Waals surface area contributed by atoms with Gasteiger partial charge in [-0.25, -0.2) is 0 Å².